The molecule has 3 aliphatic rings. The fourth-order valence-corrected chi connectivity index (χ4v) is 10.6. The molecule has 6 aromatic rings. The highest BCUT2D eigenvalue weighted by Crippen LogP contribution is 2.34. The van der Waals surface area contributed by atoms with Gasteiger partial charge in [-0.05, 0) is 101 Å². The molecule has 3 aliphatic heterocycles. The predicted octanol–water partition coefficient (Wildman–Crippen LogP) is 6.58. The number of fused-ring (bicyclic) bond motifs is 5. The molecule has 0 saturated carbocycles. The maximum Gasteiger partial charge on any atom is 0.336 e. The molecular formula is C45H54N10O5S. The number of rotatable bonds is 21. The lowest BCUT2D eigenvalue weighted by Crippen LogP contribution is -2.50. The number of carbonyl (C=O) groups is 2. The first-order valence-corrected chi connectivity index (χ1v) is 22.8. The van der Waals surface area contributed by atoms with Crippen molar-refractivity contribution >= 4 is 73.9 Å². The fourth-order valence-electron chi connectivity index (χ4n) is 9.09. The minimum atomic E-state index is -0.606. The Balaban J connectivity index is 0.744. The van der Waals surface area contributed by atoms with Crippen molar-refractivity contribution in [2.24, 2.45) is 0 Å². The number of amides is 3. The van der Waals surface area contributed by atoms with Crippen LogP contribution in [0.5, 0.6) is 0 Å². The lowest BCUT2D eigenvalue weighted by Gasteiger charge is -2.28. The molecule has 0 bridgehead atoms. The first-order valence-electron chi connectivity index (χ1n) is 21.8. The van der Waals surface area contributed by atoms with Gasteiger partial charge in [0.05, 0.1) is 18.3 Å². The average Bonchev–Trinajstić information content (AvgIpc) is 4.07. The van der Waals surface area contributed by atoms with Gasteiger partial charge >= 0.3 is 11.7 Å². The van der Waals surface area contributed by atoms with E-state index in [9.17, 15) is 14.4 Å². The molecule has 2 fully saturated rings. The maximum absolute atomic E-state index is 13.3. The molecule has 3 amide bonds. The summed E-state index contributed by atoms with van der Waals surface area (Å²) >= 11 is 1.97. The molecule has 0 radical (unpaired) electrons. The highest BCUT2D eigenvalue weighted by Gasteiger charge is 2.42. The lowest BCUT2D eigenvalue weighted by molar-refractivity contribution is -0.117. The van der Waals surface area contributed by atoms with E-state index < -0.39 is 6.17 Å². The molecule has 0 spiro atoms. The third-order valence-electron chi connectivity index (χ3n) is 12.2. The number of furan rings is 1. The number of hydrogen-bond donors (Lipinski definition) is 7. The van der Waals surface area contributed by atoms with Crippen molar-refractivity contribution in [3.05, 3.63) is 88.9 Å². The van der Waals surface area contributed by atoms with E-state index in [1.54, 1.807) is 6.26 Å². The fraction of sp³-hybridized carbons (Fsp3) is 0.444. The van der Waals surface area contributed by atoms with Gasteiger partial charge in [-0.1, -0.05) is 37.5 Å². The highest BCUT2D eigenvalue weighted by molar-refractivity contribution is 8.00. The van der Waals surface area contributed by atoms with Gasteiger partial charge in [-0.25, -0.2) is 19.6 Å². The SMILES string of the molecule is O=C1NC2CSC(CCCCN(CCCCCCc3c4occc4cc4ccc(=O)oc34)CCCNC3Nc4ncnc(NCCc5c[nH]c6ccccc56)c4NC3=O)C2N1. The van der Waals surface area contributed by atoms with Crippen LogP contribution in [0.15, 0.2) is 80.9 Å². The molecule has 16 heteroatoms. The zero-order valence-electron chi connectivity index (χ0n) is 34.3. The van der Waals surface area contributed by atoms with E-state index in [-0.39, 0.29) is 29.6 Å². The van der Waals surface area contributed by atoms with Crippen LogP contribution >= 0.6 is 11.8 Å². The van der Waals surface area contributed by atoms with Crippen molar-refractivity contribution < 1.29 is 18.4 Å². The normalized spacial score (nSPS) is 19.6. The molecule has 7 N–H and O–H groups in total. The smallest absolute Gasteiger partial charge is 0.336 e. The van der Waals surface area contributed by atoms with Gasteiger partial charge in [-0.2, -0.15) is 11.8 Å². The zero-order valence-corrected chi connectivity index (χ0v) is 35.1. The van der Waals surface area contributed by atoms with Crippen LogP contribution < -0.4 is 37.5 Å². The zero-order chi connectivity index (χ0) is 41.5. The van der Waals surface area contributed by atoms with E-state index in [2.05, 4.69) is 63.9 Å². The number of benzene rings is 2. The molecule has 4 atom stereocenters. The Labute approximate surface area is 358 Å². The second kappa shape index (κ2) is 19.0. The van der Waals surface area contributed by atoms with Crippen LogP contribution in [-0.2, 0) is 17.6 Å². The minimum absolute atomic E-state index is 0.0358. The highest BCUT2D eigenvalue weighted by atomic mass is 32.2. The van der Waals surface area contributed by atoms with Gasteiger partial charge in [0.15, 0.2) is 17.8 Å². The van der Waals surface area contributed by atoms with Crippen LogP contribution in [0.25, 0.3) is 32.8 Å². The average molecular weight is 847 g/mol. The number of carbonyl (C=O) groups excluding carboxylic acids is 2. The molecule has 320 valence electrons. The maximum atomic E-state index is 13.3. The molecule has 9 rings (SSSR count). The number of nitrogens with one attached hydrogen (secondary N) is 7. The van der Waals surface area contributed by atoms with Crippen molar-refractivity contribution in [1.29, 1.82) is 0 Å². The van der Waals surface area contributed by atoms with E-state index in [1.165, 1.54) is 23.3 Å². The second-order valence-corrected chi connectivity index (χ2v) is 17.6. The van der Waals surface area contributed by atoms with Gasteiger partial charge in [-0.3, -0.25) is 10.1 Å². The molecule has 4 aromatic heterocycles. The van der Waals surface area contributed by atoms with Crippen molar-refractivity contribution in [1.82, 2.24) is 35.8 Å². The van der Waals surface area contributed by atoms with Crippen LogP contribution in [0.2, 0.25) is 0 Å². The Bertz CT molecular complexity index is 2540. The van der Waals surface area contributed by atoms with Gasteiger partial charge in [0.1, 0.15) is 23.2 Å². The van der Waals surface area contributed by atoms with Crippen LogP contribution in [0.4, 0.5) is 22.1 Å². The topological polar surface area (TPSA) is 194 Å². The number of anilines is 3. The number of H-pyrrole nitrogens is 1. The summed E-state index contributed by atoms with van der Waals surface area (Å²) in [7, 11) is 0. The Morgan fingerprint density at radius 3 is 2.62 bits per heavy atom. The van der Waals surface area contributed by atoms with Crippen LogP contribution in [0.1, 0.15) is 62.5 Å². The van der Waals surface area contributed by atoms with Crippen LogP contribution in [0, 0.1) is 0 Å². The first-order chi connectivity index (χ1) is 30.0. The van der Waals surface area contributed by atoms with Crippen molar-refractivity contribution in [2.75, 3.05) is 54.4 Å². The number of unbranched alkanes of at least 4 members (excludes halogenated alkanes) is 4. The Hall–Kier alpha value is -5.58. The van der Waals surface area contributed by atoms with Crippen molar-refractivity contribution in [3.63, 3.8) is 0 Å². The van der Waals surface area contributed by atoms with Crippen LogP contribution in [0.3, 0.4) is 0 Å². The summed E-state index contributed by atoms with van der Waals surface area (Å²) in [6, 6.07) is 16.0. The van der Waals surface area contributed by atoms with Gasteiger partial charge in [0.25, 0.3) is 5.91 Å². The number of aromatic amines is 1. The summed E-state index contributed by atoms with van der Waals surface area (Å²) in [6.45, 7) is 4.23. The number of aryl methyl sites for hydroxylation is 1. The number of nitrogens with zero attached hydrogens (tertiary/aromatic N) is 3. The Morgan fingerprint density at radius 2 is 1.69 bits per heavy atom. The van der Waals surface area contributed by atoms with Gasteiger partial charge < -0.3 is 45.3 Å². The summed E-state index contributed by atoms with van der Waals surface area (Å²) in [5.41, 5.74) is 4.94. The minimum Gasteiger partial charge on any atom is -0.464 e. The largest absolute Gasteiger partial charge is 0.464 e. The molecule has 15 nitrogen and oxygen atoms in total. The molecule has 61 heavy (non-hydrogen) atoms. The summed E-state index contributed by atoms with van der Waals surface area (Å²) in [5.74, 6) is 1.98. The number of para-hydroxylation sites is 1. The number of urea groups is 1. The molecular weight excluding hydrogens is 793 g/mol. The van der Waals surface area contributed by atoms with Crippen molar-refractivity contribution in [2.45, 2.75) is 87.7 Å². The Morgan fingerprint density at radius 1 is 0.836 bits per heavy atom. The summed E-state index contributed by atoms with van der Waals surface area (Å²) < 4.78 is 11.5. The molecule has 7 heterocycles. The van der Waals surface area contributed by atoms with E-state index in [1.807, 2.05) is 48.3 Å². The van der Waals surface area contributed by atoms with Crippen molar-refractivity contribution in [3.8, 4) is 0 Å². The molecule has 2 aromatic carbocycles. The molecule has 0 aliphatic carbocycles. The standard InChI is InChI=1S/C45H54N10O5S/c56-36-15-14-28-24-29-17-23-59-39(29)32(40(28)60-36)11-3-1-2-7-20-55(21-8-6-13-35-37-34(26-61-35)51-45(58)53-37)22-9-18-46-43-44(57)52-38-41(49-27-50-42(38)54-43)47-19-16-30-25-48-33-12-5-4-10-31(30)33/h4-5,10,12,14-15,17,23-25,27,34-35,37,43,46,48H,1-3,6-9,11,13,16,18-22,26H2,(H,52,57)(H2,51,53,58)(H2,47,49,50,54). The van der Waals surface area contributed by atoms with E-state index in [0.29, 0.717) is 41.2 Å². The van der Waals surface area contributed by atoms with Gasteiger partial charge in [0, 0.05) is 57.0 Å². The number of aromatic nitrogens is 3. The molecule has 2 saturated heterocycles. The summed E-state index contributed by atoms with van der Waals surface area (Å²) in [5, 5.41) is 22.9. The number of thioether (sulfide) groups is 1. The second-order valence-electron chi connectivity index (χ2n) is 16.3. The van der Waals surface area contributed by atoms with Gasteiger partial charge in [0.2, 0.25) is 0 Å². The monoisotopic (exact) mass is 846 g/mol. The van der Waals surface area contributed by atoms with E-state index in [0.717, 1.165) is 117 Å². The quantitative estimate of drug-likeness (QED) is 0.0234. The predicted molar refractivity (Wildman–Crippen MR) is 241 cm³/mol. The first kappa shape index (κ1) is 40.8. The molecule has 4 unspecified atom stereocenters. The summed E-state index contributed by atoms with van der Waals surface area (Å²) in [6.07, 6.45) is 14.6. The Kier molecular flexibility index (Phi) is 12.7. The van der Waals surface area contributed by atoms with E-state index in [4.69, 9.17) is 8.83 Å². The summed E-state index contributed by atoms with van der Waals surface area (Å²) in [4.78, 5) is 52.0. The van der Waals surface area contributed by atoms with Gasteiger partial charge in [-0.15, -0.1) is 0 Å². The number of hydrogen-bond acceptors (Lipinski definition) is 12. The van der Waals surface area contributed by atoms with E-state index >= 15 is 0 Å². The third kappa shape index (κ3) is 9.51. The van der Waals surface area contributed by atoms with Crippen LogP contribution in [-0.4, -0.2) is 93.8 Å². The third-order valence-corrected chi connectivity index (χ3v) is 13.7. The lowest BCUT2D eigenvalue weighted by atomic mass is 10.0.